The summed E-state index contributed by atoms with van der Waals surface area (Å²) in [5, 5.41) is 24.7. The first-order valence-electron chi connectivity index (χ1n) is 10.4. The van der Waals surface area contributed by atoms with Crippen molar-refractivity contribution in [1.82, 2.24) is 20.2 Å². The Labute approximate surface area is 215 Å². The Morgan fingerprint density at radius 1 is 1.00 bits per heavy atom. The summed E-state index contributed by atoms with van der Waals surface area (Å²) in [6.07, 6.45) is -0.0333. The van der Waals surface area contributed by atoms with Crippen LogP contribution in [0.5, 0.6) is 0 Å². The average molecular weight is 528 g/mol. The van der Waals surface area contributed by atoms with Gasteiger partial charge in [0.1, 0.15) is 0 Å². The van der Waals surface area contributed by atoms with E-state index < -0.39 is 5.97 Å². The number of halogens is 2. The molecule has 0 aliphatic rings. The number of nitrogens with one attached hydrogen (secondary N) is 1. The van der Waals surface area contributed by atoms with E-state index >= 15 is 0 Å². The second-order valence-corrected chi connectivity index (χ2v) is 9.38. The number of carboxylic acids is 1. The minimum atomic E-state index is -0.880. The first-order valence-corrected chi connectivity index (χ1v) is 12.1. The molecule has 178 valence electrons. The van der Waals surface area contributed by atoms with Gasteiger partial charge in [0, 0.05) is 0 Å². The summed E-state index contributed by atoms with van der Waals surface area (Å²) in [5.41, 5.74) is 4.56. The van der Waals surface area contributed by atoms with Crippen LogP contribution in [0, 0.1) is 6.92 Å². The highest BCUT2D eigenvalue weighted by atomic mass is 35.5. The molecule has 0 unspecified atom stereocenters. The minimum absolute atomic E-state index is 0.0333. The second-order valence-electron chi connectivity index (χ2n) is 7.63. The van der Waals surface area contributed by atoms with Crippen LogP contribution in [0.4, 0.5) is 5.69 Å². The summed E-state index contributed by atoms with van der Waals surface area (Å²) in [7, 11) is 0. The number of benzene rings is 3. The second kappa shape index (κ2) is 10.9. The Morgan fingerprint density at radius 2 is 1.74 bits per heavy atom. The number of hydrogen-bond acceptors (Lipinski definition) is 6. The maximum atomic E-state index is 12.6. The van der Waals surface area contributed by atoms with E-state index in [2.05, 4.69) is 20.8 Å². The Morgan fingerprint density at radius 3 is 2.43 bits per heavy atom. The summed E-state index contributed by atoms with van der Waals surface area (Å²) in [4.78, 5) is 23.4. The summed E-state index contributed by atoms with van der Waals surface area (Å²) >= 11 is 13.9. The number of aromatic nitrogens is 4. The fourth-order valence-electron chi connectivity index (χ4n) is 3.31. The van der Waals surface area contributed by atoms with Crippen molar-refractivity contribution >= 4 is 52.5 Å². The molecule has 0 fully saturated rings. The quantitative estimate of drug-likeness (QED) is 0.299. The van der Waals surface area contributed by atoms with Gasteiger partial charge in [-0.2, -0.15) is 4.68 Å². The summed E-state index contributed by atoms with van der Waals surface area (Å²) in [6, 6.07) is 18.0. The van der Waals surface area contributed by atoms with Crippen LogP contribution in [0.2, 0.25) is 10.0 Å². The molecule has 11 heteroatoms. The van der Waals surface area contributed by atoms with Crippen LogP contribution in [0.25, 0.3) is 16.8 Å². The van der Waals surface area contributed by atoms with Crippen LogP contribution in [0.15, 0.2) is 65.8 Å². The fraction of sp³-hybridized carbons (Fsp3) is 0.125. The van der Waals surface area contributed by atoms with Gasteiger partial charge in [0.2, 0.25) is 11.1 Å². The molecule has 2 N–H and O–H groups in total. The van der Waals surface area contributed by atoms with E-state index in [4.69, 9.17) is 28.3 Å². The molecule has 0 saturated carbocycles. The van der Waals surface area contributed by atoms with Crippen molar-refractivity contribution in [2.75, 3.05) is 11.1 Å². The van der Waals surface area contributed by atoms with E-state index in [0.29, 0.717) is 32.1 Å². The fourth-order valence-corrected chi connectivity index (χ4v) is 4.53. The zero-order chi connectivity index (χ0) is 24.9. The average Bonchev–Trinajstić information content (AvgIpc) is 3.27. The molecule has 0 aliphatic heterocycles. The highest BCUT2D eigenvalue weighted by molar-refractivity contribution is 7.99. The third kappa shape index (κ3) is 6.19. The molecule has 0 bridgehead atoms. The SMILES string of the molecule is Cc1ccc(-n2nnnc2SCC(=O)Nc2ccc(-c3ccc(CC(=O)O)cc3)cc2Cl)c(Cl)c1. The Hall–Kier alpha value is -3.40. The van der Waals surface area contributed by atoms with Gasteiger partial charge in [-0.05, 0) is 63.9 Å². The van der Waals surface area contributed by atoms with Crippen LogP contribution >= 0.6 is 35.0 Å². The smallest absolute Gasteiger partial charge is 0.307 e. The molecule has 35 heavy (non-hydrogen) atoms. The van der Waals surface area contributed by atoms with Crippen molar-refractivity contribution in [3.05, 3.63) is 81.8 Å². The van der Waals surface area contributed by atoms with Crippen molar-refractivity contribution < 1.29 is 14.7 Å². The van der Waals surface area contributed by atoms with E-state index in [1.54, 1.807) is 24.3 Å². The largest absolute Gasteiger partial charge is 0.481 e. The third-order valence-corrected chi connectivity index (χ3v) is 6.53. The van der Waals surface area contributed by atoms with Gasteiger partial charge >= 0.3 is 5.97 Å². The number of thioether (sulfide) groups is 1. The molecule has 1 amide bonds. The zero-order valence-electron chi connectivity index (χ0n) is 18.4. The number of carboxylic acid groups (broad SMARTS) is 1. The van der Waals surface area contributed by atoms with Gasteiger partial charge in [0.15, 0.2) is 0 Å². The third-order valence-electron chi connectivity index (χ3n) is 4.99. The van der Waals surface area contributed by atoms with Crippen LogP contribution in [-0.4, -0.2) is 42.9 Å². The van der Waals surface area contributed by atoms with Gasteiger partial charge in [0.25, 0.3) is 0 Å². The van der Waals surface area contributed by atoms with Gasteiger partial charge in [0.05, 0.1) is 33.6 Å². The van der Waals surface area contributed by atoms with Gasteiger partial charge in [-0.15, -0.1) is 5.10 Å². The monoisotopic (exact) mass is 527 g/mol. The lowest BCUT2D eigenvalue weighted by atomic mass is 10.0. The number of aliphatic carboxylic acids is 1. The van der Waals surface area contributed by atoms with Crippen molar-refractivity contribution in [3.63, 3.8) is 0 Å². The van der Waals surface area contributed by atoms with Gasteiger partial charge in [-0.1, -0.05) is 71.4 Å². The number of carbonyl (C=O) groups is 2. The molecular formula is C24H19Cl2N5O3S. The van der Waals surface area contributed by atoms with E-state index in [1.165, 1.54) is 16.4 Å². The number of amides is 1. The number of tetrazole rings is 1. The Balaban J connectivity index is 1.40. The molecular weight excluding hydrogens is 509 g/mol. The van der Waals surface area contributed by atoms with Crippen LogP contribution in [0.1, 0.15) is 11.1 Å². The van der Waals surface area contributed by atoms with E-state index in [1.807, 2.05) is 43.3 Å². The van der Waals surface area contributed by atoms with E-state index in [9.17, 15) is 9.59 Å². The molecule has 4 aromatic rings. The Kier molecular flexibility index (Phi) is 7.70. The number of hydrogen-bond donors (Lipinski definition) is 2. The summed E-state index contributed by atoms with van der Waals surface area (Å²) in [6.45, 7) is 1.94. The first kappa shape index (κ1) is 24.7. The van der Waals surface area contributed by atoms with Crippen LogP contribution in [0.3, 0.4) is 0 Å². The number of rotatable bonds is 8. The molecule has 1 heterocycles. The molecule has 8 nitrogen and oxygen atoms in total. The van der Waals surface area contributed by atoms with Gasteiger partial charge in [-0.3, -0.25) is 9.59 Å². The van der Waals surface area contributed by atoms with Crippen molar-refractivity contribution in [3.8, 4) is 16.8 Å². The van der Waals surface area contributed by atoms with Crippen molar-refractivity contribution in [2.45, 2.75) is 18.5 Å². The summed E-state index contributed by atoms with van der Waals surface area (Å²) in [5.74, 6) is -1.09. The predicted molar refractivity (Wildman–Crippen MR) is 136 cm³/mol. The topological polar surface area (TPSA) is 110 Å². The molecule has 3 aromatic carbocycles. The molecule has 0 spiro atoms. The van der Waals surface area contributed by atoms with Gasteiger partial charge in [-0.25, -0.2) is 0 Å². The summed E-state index contributed by atoms with van der Waals surface area (Å²) < 4.78 is 1.49. The van der Waals surface area contributed by atoms with Crippen molar-refractivity contribution in [2.24, 2.45) is 0 Å². The molecule has 4 rings (SSSR count). The molecule has 1 aromatic heterocycles. The van der Waals surface area contributed by atoms with E-state index in [0.717, 1.165) is 16.7 Å². The Bertz CT molecular complexity index is 1390. The highest BCUT2D eigenvalue weighted by Crippen LogP contribution is 2.30. The van der Waals surface area contributed by atoms with Crippen LogP contribution in [-0.2, 0) is 16.0 Å². The maximum absolute atomic E-state index is 12.6. The maximum Gasteiger partial charge on any atom is 0.307 e. The zero-order valence-corrected chi connectivity index (χ0v) is 20.7. The molecule has 0 aliphatic carbocycles. The lowest BCUT2D eigenvalue weighted by Crippen LogP contribution is -2.15. The number of carbonyl (C=O) groups excluding carboxylic acids is 1. The first-order chi connectivity index (χ1) is 16.8. The lowest BCUT2D eigenvalue weighted by molar-refractivity contribution is -0.136. The van der Waals surface area contributed by atoms with Crippen molar-refractivity contribution in [1.29, 1.82) is 0 Å². The standard InChI is InChI=1S/C24H19Cl2N5O3S/c1-14-2-9-21(19(26)10-14)31-24(28-29-30-31)35-13-22(32)27-20-8-7-17(12-18(20)25)16-5-3-15(4-6-16)11-23(33)34/h2-10,12H,11,13H2,1H3,(H,27,32)(H,33,34). The lowest BCUT2D eigenvalue weighted by Gasteiger charge is -2.10. The molecule has 0 atom stereocenters. The predicted octanol–water partition coefficient (Wildman–Crippen LogP) is 5.30. The number of nitrogens with zero attached hydrogens (tertiary/aromatic N) is 4. The molecule has 0 radical (unpaired) electrons. The normalized spacial score (nSPS) is 10.8. The molecule has 0 saturated heterocycles. The van der Waals surface area contributed by atoms with Gasteiger partial charge < -0.3 is 10.4 Å². The number of aryl methyl sites for hydroxylation is 1. The van der Waals surface area contributed by atoms with Crippen LogP contribution < -0.4 is 5.32 Å². The minimum Gasteiger partial charge on any atom is -0.481 e. The highest BCUT2D eigenvalue weighted by Gasteiger charge is 2.15. The number of anilines is 1. The van der Waals surface area contributed by atoms with E-state index in [-0.39, 0.29) is 18.1 Å².